The Labute approximate surface area is 168 Å². The molecule has 3 rings (SSSR count). The standard InChI is InChI=1S/C22H22N4O3/c1-14-20(15(2)26(25-14)18-7-5-4-6-8-18)21(28)22(29)24-17-11-9-16(10-12-17)13-19(27)23-3/h4-12H,13H2,1-3H3,(H,23,27)(H,24,29). The predicted octanol–water partition coefficient (Wildman–Crippen LogP) is 2.60. The van der Waals surface area contributed by atoms with Gasteiger partial charge in [0.05, 0.1) is 29.1 Å². The van der Waals surface area contributed by atoms with Crippen molar-refractivity contribution in [1.82, 2.24) is 15.1 Å². The van der Waals surface area contributed by atoms with E-state index in [0.29, 0.717) is 22.6 Å². The van der Waals surface area contributed by atoms with Gasteiger partial charge in [-0.25, -0.2) is 4.68 Å². The van der Waals surface area contributed by atoms with Crippen LogP contribution in [-0.2, 0) is 16.0 Å². The van der Waals surface area contributed by atoms with E-state index in [0.717, 1.165) is 11.3 Å². The van der Waals surface area contributed by atoms with Crippen molar-refractivity contribution in [2.24, 2.45) is 0 Å². The Balaban J connectivity index is 1.76. The molecule has 0 radical (unpaired) electrons. The molecule has 0 aliphatic carbocycles. The van der Waals surface area contributed by atoms with Crippen LogP contribution < -0.4 is 10.6 Å². The number of amides is 2. The zero-order valence-corrected chi connectivity index (χ0v) is 16.5. The maximum atomic E-state index is 12.8. The molecule has 0 saturated carbocycles. The van der Waals surface area contributed by atoms with Gasteiger partial charge in [0.2, 0.25) is 5.91 Å². The molecule has 3 aromatic rings. The fourth-order valence-electron chi connectivity index (χ4n) is 3.07. The Morgan fingerprint density at radius 1 is 0.966 bits per heavy atom. The highest BCUT2D eigenvalue weighted by Crippen LogP contribution is 2.19. The highest BCUT2D eigenvalue weighted by molar-refractivity contribution is 6.47. The van der Waals surface area contributed by atoms with Gasteiger partial charge in [-0.3, -0.25) is 14.4 Å². The molecule has 2 aromatic carbocycles. The molecule has 2 N–H and O–H groups in total. The molecule has 0 unspecified atom stereocenters. The summed E-state index contributed by atoms with van der Waals surface area (Å²) < 4.78 is 1.66. The molecule has 0 fully saturated rings. The lowest BCUT2D eigenvalue weighted by atomic mass is 10.1. The van der Waals surface area contributed by atoms with E-state index in [1.807, 2.05) is 30.3 Å². The number of para-hydroxylation sites is 1. The average Bonchev–Trinajstić information content (AvgIpc) is 3.03. The van der Waals surface area contributed by atoms with Crippen molar-refractivity contribution < 1.29 is 14.4 Å². The number of ketones is 1. The SMILES string of the molecule is CNC(=O)Cc1ccc(NC(=O)C(=O)c2c(C)nn(-c3ccccc3)c2C)cc1. The van der Waals surface area contributed by atoms with Crippen molar-refractivity contribution in [1.29, 1.82) is 0 Å². The van der Waals surface area contributed by atoms with Crippen molar-refractivity contribution in [3.8, 4) is 5.69 Å². The second-order valence-corrected chi connectivity index (χ2v) is 6.62. The van der Waals surface area contributed by atoms with Crippen LogP contribution in [0.1, 0.15) is 27.3 Å². The quantitative estimate of drug-likeness (QED) is 0.500. The molecule has 7 heteroatoms. The summed E-state index contributed by atoms with van der Waals surface area (Å²) in [4.78, 5) is 36.7. The number of likely N-dealkylation sites (N-methyl/N-ethyl adjacent to an activating group) is 1. The zero-order chi connectivity index (χ0) is 21.0. The molecule has 0 aliphatic heterocycles. The minimum absolute atomic E-state index is 0.0988. The summed E-state index contributed by atoms with van der Waals surface area (Å²) in [7, 11) is 1.58. The molecule has 29 heavy (non-hydrogen) atoms. The van der Waals surface area contributed by atoms with Gasteiger partial charge < -0.3 is 10.6 Å². The van der Waals surface area contributed by atoms with E-state index in [1.54, 1.807) is 49.8 Å². The van der Waals surface area contributed by atoms with Gasteiger partial charge in [0, 0.05) is 12.7 Å². The molecule has 1 aromatic heterocycles. The molecule has 0 bridgehead atoms. The van der Waals surface area contributed by atoms with Crippen LogP contribution in [0.15, 0.2) is 54.6 Å². The number of Topliss-reactive ketones (excluding diaryl/α,β-unsaturated/α-hetero) is 1. The van der Waals surface area contributed by atoms with Crippen LogP contribution in [0.25, 0.3) is 5.69 Å². The van der Waals surface area contributed by atoms with Crippen LogP contribution in [0.4, 0.5) is 5.69 Å². The highest BCUT2D eigenvalue weighted by atomic mass is 16.2. The first kappa shape index (κ1) is 20.0. The first-order chi connectivity index (χ1) is 13.9. The van der Waals surface area contributed by atoms with Crippen molar-refractivity contribution in [3.63, 3.8) is 0 Å². The number of aryl methyl sites for hydroxylation is 1. The van der Waals surface area contributed by atoms with Gasteiger partial charge in [-0.2, -0.15) is 5.10 Å². The Bertz CT molecular complexity index is 1050. The van der Waals surface area contributed by atoms with Gasteiger partial charge in [-0.1, -0.05) is 30.3 Å². The largest absolute Gasteiger partial charge is 0.359 e. The summed E-state index contributed by atoms with van der Waals surface area (Å²) >= 11 is 0. The zero-order valence-electron chi connectivity index (χ0n) is 16.5. The fourth-order valence-corrected chi connectivity index (χ4v) is 3.07. The number of hydrogen-bond donors (Lipinski definition) is 2. The molecule has 0 atom stereocenters. The van der Waals surface area contributed by atoms with Crippen LogP contribution >= 0.6 is 0 Å². The van der Waals surface area contributed by atoms with Crippen molar-refractivity contribution in [3.05, 3.63) is 77.1 Å². The topological polar surface area (TPSA) is 93.1 Å². The molecule has 2 amide bonds. The number of anilines is 1. The molecule has 148 valence electrons. The van der Waals surface area contributed by atoms with Gasteiger partial charge in [-0.05, 0) is 43.7 Å². The van der Waals surface area contributed by atoms with E-state index >= 15 is 0 Å². The van der Waals surface area contributed by atoms with Gasteiger partial charge in [-0.15, -0.1) is 0 Å². The Hall–Kier alpha value is -3.74. The number of nitrogens with zero attached hydrogens (tertiary/aromatic N) is 2. The van der Waals surface area contributed by atoms with Crippen LogP contribution in [0.5, 0.6) is 0 Å². The molecule has 0 spiro atoms. The molecule has 0 saturated heterocycles. The number of carbonyl (C=O) groups excluding carboxylic acids is 3. The Morgan fingerprint density at radius 3 is 2.24 bits per heavy atom. The van der Waals surface area contributed by atoms with Gasteiger partial charge in [0.1, 0.15) is 0 Å². The van der Waals surface area contributed by atoms with Gasteiger partial charge in [0.25, 0.3) is 11.7 Å². The number of aromatic nitrogens is 2. The number of hydrogen-bond acceptors (Lipinski definition) is 4. The van der Waals surface area contributed by atoms with E-state index in [9.17, 15) is 14.4 Å². The number of carbonyl (C=O) groups is 3. The minimum Gasteiger partial charge on any atom is -0.359 e. The number of rotatable bonds is 6. The van der Waals surface area contributed by atoms with Gasteiger partial charge >= 0.3 is 0 Å². The smallest absolute Gasteiger partial charge is 0.296 e. The van der Waals surface area contributed by atoms with Crippen molar-refractivity contribution in [2.45, 2.75) is 20.3 Å². The van der Waals surface area contributed by atoms with Gasteiger partial charge in [0.15, 0.2) is 0 Å². The maximum absolute atomic E-state index is 12.8. The molecule has 1 heterocycles. The fraction of sp³-hybridized carbons (Fsp3) is 0.182. The number of nitrogens with one attached hydrogen (secondary N) is 2. The monoisotopic (exact) mass is 390 g/mol. The van der Waals surface area contributed by atoms with Crippen LogP contribution in [0, 0.1) is 13.8 Å². The van der Waals surface area contributed by atoms with E-state index in [-0.39, 0.29) is 12.3 Å². The van der Waals surface area contributed by atoms with Crippen molar-refractivity contribution >= 4 is 23.3 Å². The first-order valence-corrected chi connectivity index (χ1v) is 9.17. The molecular weight excluding hydrogens is 368 g/mol. The summed E-state index contributed by atoms with van der Waals surface area (Å²) in [6.07, 6.45) is 0.251. The summed E-state index contributed by atoms with van der Waals surface area (Å²) in [6.45, 7) is 3.47. The average molecular weight is 390 g/mol. The van der Waals surface area contributed by atoms with Crippen molar-refractivity contribution in [2.75, 3.05) is 12.4 Å². The lowest BCUT2D eigenvalue weighted by Crippen LogP contribution is -2.24. The Morgan fingerprint density at radius 2 is 1.62 bits per heavy atom. The van der Waals surface area contributed by atoms with Crippen LogP contribution in [0.3, 0.4) is 0 Å². The minimum atomic E-state index is -0.733. The summed E-state index contributed by atoms with van der Waals surface area (Å²) in [5, 5.41) is 9.58. The van der Waals surface area contributed by atoms with E-state index in [1.165, 1.54) is 0 Å². The highest BCUT2D eigenvalue weighted by Gasteiger charge is 2.25. The van der Waals surface area contributed by atoms with Crippen LogP contribution in [0.2, 0.25) is 0 Å². The Kier molecular flexibility index (Phi) is 5.87. The third-order valence-corrected chi connectivity index (χ3v) is 4.58. The van der Waals surface area contributed by atoms with E-state index in [4.69, 9.17) is 0 Å². The second-order valence-electron chi connectivity index (χ2n) is 6.62. The molecule has 7 nitrogen and oxygen atoms in total. The maximum Gasteiger partial charge on any atom is 0.296 e. The summed E-state index contributed by atoms with van der Waals surface area (Å²) in [6, 6.07) is 16.2. The summed E-state index contributed by atoms with van der Waals surface area (Å²) in [5.74, 6) is -1.47. The van der Waals surface area contributed by atoms with E-state index in [2.05, 4.69) is 15.7 Å². The second kappa shape index (κ2) is 8.52. The molecule has 0 aliphatic rings. The first-order valence-electron chi connectivity index (χ1n) is 9.17. The lowest BCUT2D eigenvalue weighted by Gasteiger charge is -2.07. The summed E-state index contributed by atoms with van der Waals surface area (Å²) in [5.41, 5.74) is 3.50. The third-order valence-electron chi connectivity index (χ3n) is 4.58. The number of benzene rings is 2. The van der Waals surface area contributed by atoms with Crippen LogP contribution in [-0.4, -0.2) is 34.4 Å². The van der Waals surface area contributed by atoms with E-state index < -0.39 is 11.7 Å². The lowest BCUT2D eigenvalue weighted by molar-refractivity contribution is -0.120. The third kappa shape index (κ3) is 4.40. The normalized spacial score (nSPS) is 10.4. The molecular formula is C22H22N4O3. The predicted molar refractivity (Wildman–Crippen MR) is 110 cm³/mol.